The number of hydrogen-bond donors (Lipinski definition) is 1. The zero-order valence-corrected chi connectivity index (χ0v) is 13.9. The third-order valence-corrected chi connectivity index (χ3v) is 3.62. The molecule has 4 heteroatoms. The van der Waals surface area contributed by atoms with Gasteiger partial charge in [0.25, 0.3) is 0 Å². The quantitative estimate of drug-likeness (QED) is 0.859. The molecule has 0 aliphatic heterocycles. The van der Waals surface area contributed by atoms with Crippen LogP contribution in [0.15, 0.2) is 46.9 Å². The lowest BCUT2D eigenvalue weighted by Crippen LogP contribution is -2.17. The number of benzene rings is 2. The molecular weight excluding hydrogens is 330 g/mol. The van der Waals surface area contributed by atoms with Crippen LogP contribution in [-0.4, -0.2) is 13.2 Å². The number of ether oxygens (including phenoxy) is 2. The topological polar surface area (TPSA) is 44.5 Å². The van der Waals surface area contributed by atoms with Gasteiger partial charge in [-0.15, -0.1) is 0 Å². The molecule has 0 aliphatic rings. The normalized spacial score (nSPS) is 12.0. The summed E-state index contributed by atoms with van der Waals surface area (Å²) in [4.78, 5) is 0. The van der Waals surface area contributed by atoms with Crippen molar-refractivity contribution in [3.05, 3.63) is 58.1 Å². The van der Waals surface area contributed by atoms with Crippen molar-refractivity contribution in [1.82, 2.24) is 0 Å². The molecule has 1 unspecified atom stereocenters. The van der Waals surface area contributed by atoms with Crippen LogP contribution in [0.2, 0.25) is 0 Å². The Kier molecular flexibility index (Phi) is 5.65. The van der Waals surface area contributed by atoms with Crippen molar-refractivity contribution in [3.8, 4) is 11.5 Å². The second-order valence-electron chi connectivity index (χ2n) is 5.08. The minimum absolute atomic E-state index is 0.123. The Hall–Kier alpha value is -1.52. The van der Waals surface area contributed by atoms with Gasteiger partial charge in [-0.2, -0.15) is 0 Å². The van der Waals surface area contributed by atoms with Crippen molar-refractivity contribution in [1.29, 1.82) is 0 Å². The number of nitrogens with two attached hydrogens (primary N) is 1. The fraction of sp³-hybridized carbons (Fsp3) is 0.294. The molecule has 0 fully saturated rings. The molecule has 0 aliphatic carbocycles. The first kappa shape index (κ1) is 15.9. The van der Waals surface area contributed by atoms with E-state index >= 15 is 0 Å². The van der Waals surface area contributed by atoms with Gasteiger partial charge in [-0.25, -0.2) is 0 Å². The first-order valence-corrected chi connectivity index (χ1v) is 7.67. The number of halogens is 1. The average Bonchev–Trinajstić information content (AvgIpc) is 2.46. The molecule has 21 heavy (non-hydrogen) atoms. The number of methoxy groups -OCH3 is 1. The summed E-state index contributed by atoms with van der Waals surface area (Å²) < 4.78 is 12.3. The van der Waals surface area contributed by atoms with Crippen LogP contribution < -0.4 is 15.2 Å². The first-order valence-electron chi connectivity index (χ1n) is 6.88. The molecule has 0 saturated carbocycles. The van der Waals surface area contributed by atoms with Crippen molar-refractivity contribution < 1.29 is 9.47 Å². The Balaban J connectivity index is 2.11. The van der Waals surface area contributed by atoms with Gasteiger partial charge < -0.3 is 15.2 Å². The van der Waals surface area contributed by atoms with Crippen molar-refractivity contribution in [2.24, 2.45) is 5.73 Å². The van der Waals surface area contributed by atoms with E-state index in [1.165, 1.54) is 0 Å². The standard InChI is InChI=1S/C17H20BrNO2/c1-12(19)9-14-5-8-16(20-2)17(10-14)21-11-13-3-6-15(18)7-4-13/h3-8,10,12H,9,11,19H2,1-2H3. The lowest BCUT2D eigenvalue weighted by atomic mass is 10.1. The zero-order valence-electron chi connectivity index (χ0n) is 12.3. The first-order chi connectivity index (χ1) is 10.1. The molecular formula is C17H20BrNO2. The molecule has 2 aromatic carbocycles. The highest BCUT2D eigenvalue weighted by molar-refractivity contribution is 9.10. The molecule has 0 spiro atoms. The van der Waals surface area contributed by atoms with Crippen LogP contribution in [-0.2, 0) is 13.0 Å². The summed E-state index contributed by atoms with van der Waals surface area (Å²) in [5.41, 5.74) is 8.11. The molecule has 2 rings (SSSR count). The molecule has 2 N–H and O–H groups in total. The second kappa shape index (κ2) is 7.48. The van der Waals surface area contributed by atoms with Crippen molar-refractivity contribution in [2.45, 2.75) is 26.0 Å². The highest BCUT2D eigenvalue weighted by atomic mass is 79.9. The molecule has 2 aromatic rings. The third-order valence-electron chi connectivity index (χ3n) is 3.09. The van der Waals surface area contributed by atoms with Crippen LogP contribution >= 0.6 is 15.9 Å². The van der Waals surface area contributed by atoms with Gasteiger partial charge in [0, 0.05) is 10.5 Å². The van der Waals surface area contributed by atoms with Gasteiger partial charge in [-0.05, 0) is 48.7 Å². The molecule has 0 saturated heterocycles. The van der Waals surface area contributed by atoms with E-state index in [2.05, 4.69) is 15.9 Å². The summed E-state index contributed by atoms with van der Waals surface area (Å²) in [5, 5.41) is 0. The van der Waals surface area contributed by atoms with Crippen molar-refractivity contribution in [2.75, 3.05) is 7.11 Å². The Morgan fingerprint density at radius 1 is 1.05 bits per heavy atom. The molecule has 0 amide bonds. The summed E-state index contributed by atoms with van der Waals surface area (Å²) in [6, 6.07) is 14.1. The fourth-order valence-corrected chi connectivity index (χ4v) is 2.34. The van der Waals surface area contributed by atoms with Crippen LogP contribution in [0.1, 0.15) is 18.1 Å². The predicted molar refractivity (Wildman–Crippen MR) is 88.8 cm³/mol. The Labute approximate surface area is 134 Å². The van der Waals surface area contributed by atoms with Gasteiger partial charge in [-0.3, -0.25) is 0 Å². The molecule has 1 atom stereocenters. The maximum atomic E-state index is 5.90. The van der Waals surface area contributed by atoms with Gasteiger partial charge in [0.2, 0.25) is 0 Å². The Bertz CT molecular complexity index is 582. The summed E-state index contributed by atoms with van der Waals surface area (Å²) in [6.07, 6.45) is 0.818. The SMILES string of the molecule is COc1ccc(CC(C)N)cc1OCc1ccc(Br)cc1. The average molecular weight is 350 g/mol. The summed E-state index contributed by atoms with van der Waals surface area (Å²) in [6.45, 7) is 2.50. The summed E-state index contributed by atoms with van der Waals surface area (Å²) in [7, 11) is 1.65. The van der Waals surface area contributed by atoms with Crippen LogP contribution in [0.3, 0.4) is 0 Å². The van der Waals surface area contributed by atoms with E-state index in [4.69, 9.17) is 15.2 Å². The monoisotopic (exact) mass is 349 g/mol. The molecule has 0 radical (unpaired) electrons. The van der Waals surface area contributed by atoms with Gasteiger partial charge in [0.1, 0.15) is 6.61 Å². The maximum absolute atomic E-state index is 5.90. The van der Waals surface area contributed by atoms with E-state index in [-0.39, 0.29) is 6.04 Å². The Morgan fingerprint density at radius 3 is 2.33 bits per heavy atom. The van der Waals surface area contributed by atoms with E-state index in [9.17, 15) is 0 Å². The smallest absolute Gasteiger partial charge is 0.161 e. The minimum atomic E-state index is 0.123. The molecule has 0 aromatic heterocycles. The molecule has 3 nitrogen and oxygen atoms in total. The number of rotatable bonds is 6. The van der Waals surface area contributed by atoms with E-state index in [0.29, 0.717) is 6.61 Å². The van der Waals surface area contributed by atoms with Crippen LogP contribution in [0, 0.1) is 0 Å². The van der Waals surface area contributed by atoms with Crippen LogP contribution in [0.25, 0.3) is 0 Å². The maximum Gasteiger partial charge on any atom is 0.161 e. The lowest BCUT2D eigenvalue weighted by molar-refractivity contribution is 0.284. The van der Waals surface area contributed by atoms with Crippen LogP contribution in [0.4, 0.5) is 0 Å². The van der Waals surface area contributed by atoms with E-state index < -0.39 is 0 Å². The predicted octanol–water partition coefficient (Wildman–Crippen LogP) is 3.93. The van der Waals surface area contributed by atoms with Gasteiger partial charge in [-0.1, -0.05) is 34.1 Å². The number of hydrogen-bond acceptors (Lipinski definition) is 3. The van der Waals surface area contributed by atoms with Gasteiger partial charge in [0.15, 0.2) is 11.5 Å². The molecule has 0 heterocycles. The van der Waals surface area contributed by atoms with Gasteiger partial charge >= 0.3 is 0 Å². The van der Waals surface area contributed by atoms with Crippen molar-refractivity contribution >= 4 is 15.9 Å². The van der Waals surface area contributed by atoms with E-state index in [1.54, 1.807) is 7.11 Å². The van der Waals surface area contributed by atoms with E-state index in [1.807, 2.05) is 49.4 Å². The highest BCUT2D eigenvalue weighted by Crippen LogP contribution is 2.29. The Morgan fingerprint density at radius 2 is 1.71 bits per heavy atom. The fourth-order valence-electron chi connectivity index (χ4n) is 2.07. The lowest BCUT2D eigenvalue weighted by Gasteiger charge is -2.13. The second-order valence-corrected chi connectivity index (χ2v) is 6.00. The summed E-state index contributed by atoms with van der Waals surface area (Å²) in [5.74, 6) is 1.49. The largest absolute Gasteiger partial charge is 0.493 e. The van der Waals surface area contributed by atoms with Gasteiger partial charge in [0.05, 0.1) is 7.11 Å². The highest BCUT2D eigenvalue weighted by Gasteiger charge is 2.07. The van der Waals surface area contributed by atoms with E-state index in [0.717, 1.165) is 33.5 Å². The molecule has 112 valence electrons. The third kappa shape index (κ3) is 4.76. The molecule has 0 bridgehead atoms. The van der Waals surface area contributed by atoms with Crippen LogP contribution in [0.5, 0.6) is 11.5 Å². The summed E-state index contributed by atoms with van der Waals surface area (Å²) >= 11 is 3.42. The zero-order chi connectivity index (χ0) is 15.2. The minimum Gasteiger partial charge on any atom is -0.493 e. The van der Waals surface area contributed by atoms with Crippen molar-refractivity contribution in [3.63, 3.8) is 0 Å².